The molecule has 0 radical (unpaired) electrons. The van der Waals surface area contributed by atoms with Crippen LogP contribution in [-0.4, -0.2) is 10.9 Å². The summed E-state index contributed by atoms with van der Waals surface area (Å²) in [6.45, 7) is 0. The lowest BCUT2D eigenvalue weighted by Gasteiger charge is -2.08. The number of aromatic nitrogens is 1. The minimum Gasteiger partial charge on any atom is -0.340 e. The second-order valence-corrected chi connectivity index (χ2v) is 5.76. The van der Waals surface area contributed by atoms with Crippen molar-refractivity contribution in [1.29, 1.82) is 0 Å². The molecule has 108 valence electrons. The molecule has 6 heteroatoms. The summed E-state index contributed by atoms with van der Waals surface area (Å²) in [6, 6.07) is 8.88. The summed E-state index contributed by atoms with van der Waals surface area (Å²) in [5.41, 5.74) is 1.50. The first-order valence-electron chi connectivity index (χ1n) is 6.61. The van der Waals surface area contributed by atoms with Crippen LogP contribution in [0.5, 0.6) is 0 Å². The van der Waals surface area contributed by atoms with Gasteiger partial charge >= 0.3 is 0 Å². The summed E-state index contributed by atoms with van der Waals surface area (Å²) in [5.74, 6) is 0.916. The molecule has 1 fully saturated rings. The van der Waals surface area contributed by atoms with Crippen molar-refractivity contribution in [2.45, 2.75) is 12.8 Å². The van der Waals surface area contributed by atoms with E-state index in [1.807, 2.05) is 12.1 Å². The average Bonchev–Trinajstić information content (AvgIpc) is 3.30. The molecular formula is C15H13Cl2N3O. The van der Waals surface area contributed by atoms with Gasteiger partial charge in [0.15, 0.2) is 0 Å². The number of hydrogen-bond acceptors (Lipinski definition) is 3. The smallest absolute Gasteiger partial charge is 0.227 e. The van der Waals surface area contributed by atoms with E-state index in [-0.39, 0.29) is 11.8 Å². The molecule has 1 heterocycles. The van der Waals surface area contributed by atoms with E-state index < -0.39 is 0 Å². The number of nitrogens with one attached hydrogen (secondary N) is 2. The number of carbonyl (C=O) groups excluding carboxylic acids is 1. The van der Waals surface area contributed by atoms with E-state index in [1.165, 1.54) is 0 Å². The monoisotopic (exact) mass is 321 g/mol. The minimum atomic E-state index is 0.0713. The molecule has 0 aliphatic heterocycles. The number of amides is 1. The largest absolute Gasteiger partial charge is 0.340 e. The van der Waals surface area contributed by atoms with Gasteiger partial charge in [-0.1, -0.05) is 23.2 Å². The van der Waals surface area contributed by atoms with Gasteiger partial charge in [0.05, 0.1) is 21.9 Å². The predicted octanol–water partition coefficient (Wildman–Crippen LogP) is 4.48. The first-order valence-corrected chi connectivity index (χ1v) is 7.36. The molecule has 0 atom stereocenters. The van der Waals surface area contributed by atoms with Gasteiger partial charge in [0.2, 0.25) is 5.91 Å². The quantitative estimate of drug-likeness (QED) is 0.872. The van der Waals surface area contributed by atoms with Crippen LogP contribution < -0.4 is 10.6 Å². The number of anilines is 3. The van der Waals surface area contributed by atoms with Gasteiger partial charge in [-0.3, -0.25) is 4.79 Å². The Kier molecular flexibility index (Phi) is 3.99. The normalized spacial score (nSPS) is 13.8. The lowest BCUT2D eigenvalue weighted by Crippen LogP contribution is -2.13. The molecule has 0 saturated heterocycles. The first-order chi connectivity index (χ1) is 10.1. The van der Waals surface area contributed by atoms with E-state index >= 15 is 0 Å². The number of halogens is 2. The molecule has 1 amide bonds. The van der Waals surface area contributed by atoms with E-state index in [0.29, 0.717) is 21.6 Å². The molecule has 2 N–H and O–H groups in total. The van der Waals surface area contributed by atoms with Crippen molar-refractivity contribution in [3.8, 4) is 0 Å². The van der Waals surface area contributed by atoms with Gasteiger partial charge in [0, 0.05) is 11.6 Å². The zero-order valence-electron chi connectivity index (χ0n) is 11.1. The van der Waals surface area contributed by atoms with Gasteiger partial charge in [-0.25, -0.2) is 4.98 Å². The van der Waals surface area contributed by atoms with Gasteiger partial charge in [-0.05, 0) is 43.2 Å². The highest BCUT2D eigenvalue weighted by Crippen LogP contribution is 2.30. The lowest BCUT2D eigenvalue weighted by atomic mass is 10.3. The highest BCUT2D eigenvalue weighted by Gasteiger charge is 2.29. The van der Waals surface area contributed by atoms with Crippen molar-refractivity contribution in [2.24, 2.45) is 5.92 Å². The van der Waals surface area contributed by atoms with Crippen LogP contribution in [0.4, 0.5) is 17.2 Å². The Hall–Kier alpha value is -1.78. The lowest BCUT2D eigenvalue weighted by molar-refractivity contribution is -0.117. The summed E-state index contributed by atoms with van der Waals surface area (Å²) >= 11 is 11.8. The van der Waals surface area contributed by atoms with Crippen LogP contribution >= 0.6 is 23.2 Å². The van der Waals surface area contributed by atoms with Crippen molar-refractivity contribution >= 4 is 46.3 Å². The van der Waals surface area contributed by atoms with E-state index in [9.17, 15) is 4.79 Å². The van der Waals surface area contributed by atoms with E-state index in [1.54, 1.807) is 24.4 Å². The van der Waals surface area contributed by atoms with E-state index in [0.717, 1.165) is 18.5 Å². The molecule has 1 aromatic heterocycles. The summed E-state index contributed by atoms with van der Waals surface area (Å²) < 4.78 is 0. The van der Waals surface area contributed by atoms with Crippen LogP contribution in [0.3, 0.4) is 0 Å². The number of rotatable bonds is 4. The summed E-state index contributed by atoms with van der Waals surface area (Å²) in [6.07, 6.45) is 3.59. The fraction of sp³-hybridized carbons (Fsp3) is 0.200. The number of nitrogens with zero attached hydrogens (tertiary/aromatic N) is 1. The number of carbonyl (C=O) groups is 1. The number of hydrogen-bond donors (Lipinski definition) is 2. The zero-order chi connectivity index (χ0) is 14.8. The maximum absolute atomic E-state index is 11.6. The van der Waals surface area contributed by atoms with Gasteiger partial charge < -0.3 is 10.6 Å². The fourth-order valence-electron chi connectivity index (χ4n) is 1.85. The standard InChI is InChI=1S/C15H13Cl2N3O/c16-12-5-3-10(7-13(12)17)19-14-6-4-11(8-18-14)20-15(21)9-1-2-9/h3-9H,1-2H2,(H,18,19)(H,20,21). The molecule has 3 rings (SSSR count). The second kappa shape index (κ2) is 5.92. The first kappa shape index (κ1) is 14.2. The average molecular weight is 322 g/mol. The van der Waals surface area contributed by atoms with E-state index in [4.69, 9.17) is 23.2 Å². The number of benzene rings is 1. The van der Waals surface area contributed by atoms with Crippen LogP contribution in [0.25, 0.3) is 0 Å². The zero-order valence-corrected chi connectivity index (χ0v) is 12.6. The Morgan fingerprint density at radius 3 is 2.48 bits per heavy atom. The maximum Gasteiger partial charge on any atom is 0.227 e. The summed E-state index contributed by atoms with van der Waals surface area (Å²) in [5, 5.41) is 6.95. The predicted molar refractivity (Wildman–Crippen MR) is 85.3 cm³/mol. The van der Waals surface area contributed by atoms with Crippen LogP contribution in [0, 0.1) is 5.92 Å². The maximum atomic E-state index is 11.6. The van der Waals surface area contributed by atoms with Crippen LogP contribution in [0.15, 0.2) is 36.5 Å². The van der Waals surface area contributed by atoms with Crippen molar-refractivity contribution in [3.63, 3.8) is 0 Å². The van der Waals surface area contributed by atoms with Gasteiger partial charge in [-0.15, -0.1) is 0 Å². The molecule has 2 aromatic rings. The summed E-state index contributed by atoms with van der Waals surface area (Å²) in [4.78, 5) is 15.9. The molecule has 1 saturated carbocycles. The Morgan fingerprint density at radius 2 is 1.86 bits per heavy atom. The molecule has 1 aliphatic carbocycles. The third kappa shape index (κ3) is 3.65. The second-order valence-electron chi connectivity index (χ2n) is 4.95. The van der Waals surface area contributed by atoms with Crippen LogP contribution in [0.2, 0.25) is 10.0 Å². The molecule has 1 aromatic carbocycles. The van der Waals surface area contributed by atoms with Crippen molar-refractivity contribution in [2.75, 3.05) is 10.6 Å². The number of pyridine rings is 1. The molecular weight excluding hydrogens is 309 g/mol. The molecule has 0 spiro atoms. The van der Waals surface area contributed by atoms with Gasteiger partial charge in [-0.2, -0.15) is 0 Å². The molecule has 21 heavy (non-hydrogen) atoms. The van der Waals surface area contributed by atoms with Crippen molar-refractivity contribution in [3.05, 3.63) is 46.6 Å². The SMILES string of the molecule is O=C(Nc1ccc(Nc2ccc(Cl)c(Cl)c2)nc1)C1CC1. The third-order valence-corrected chi connectivity index (χ3v) is 3.91. The Morgan fingerprint density at radius 1 is 1.10 bits per heavy atom. The third-order valence-electron chi connectivity index (χ3n) is 3.17. The van der Waals surface area contributed by atoms with Crippen LogP contribution in [-0.2, 0) is 4.79 Å². The highest BCUT2D eigenvalue weighted by molar-refractivity contribution is 6.42. The Labute approximate surface area is 132 Å². The topological polar surface area (TPSA) is 54.0 Å². The highest BCUT2D eigenvalue weighted by atomic mass is 35.5. The van der Waals surface area contributed by atoms with E-state index in [2.05, 4.69) is 15.6 Å². The molecule has 0 unspecified atom stereocenters. The van der Waals surface area contributed by atoms with Crippen molar-refractivity contribution < 1.29 is 4.79 Å². The van der Waals surface area contributed by atoms with Crippen molar-refractivity contribution in [1.82, 2.24) is 4.98 Å². The Bertz CT molecular complexity index is 669. The molecule has 0 bridgehead atoms. The van der Waals surface area contributed by atoms with Crippen LogP contribution in [0.1, 0.15) is 12.8 Å². The molecule has 4 nitrogen and oxygen atoms in total. The summed E-state index contributed by atoms with van der Waals surface area (Å²) in [7, 11) is 0. The Balaban J connectivity index is 1.65. The minimum absolute atomic E-state index is 0.0713. The van der Waals surface area contributed by atoms with Gasteiger partial charge in [0.1, 0.15) is 5.82 Å². The fourth-order valence-corrected chi connectivity index (χ4v) is 2.15. The molecule has 1 aliphatic rings. The van der Waals surface area contributed by atoms with Gasteiger partial charge in [0.25, 0.3) is 0 Å².